The molecule has 13 heteroatoms. The van der Waals surface area contributed by atoms with E-state index >= 15 is 0 Å². The Hall–Kier alpha value is -4.10. The summed E-state index contributed by atoms with van der Waals surface area (Å²) in [4.78, 5) is 13.9. The lowest BCUT2D eigenvalue weighted by molar-refractivity contribution is 0.157. The third-order valence-electron chi connectivity index (χ3n) is 6.59. The minimum Gasteiger partial charge on any atom is -0.496 e. The number of methoxy groups -OCH3 is 1. The van der Waals surface area contributed by atoms with Gasteiger partial charge in [-0.3, -0.25) is 0 Å². The summed E-state index contributed by atoms with van der Waals surface area (Å²) < 4.78 is 53.4. The van der Waals surface area contributed by atoms with E-state index in [9.17, 15) is 12.8 Å². The van der Waals surface area contributed by atoms with Gasteiger partial charge >= 0.3 is 0 Å². The Morgan fingerprint density at radius 1 is 1.07 bits per heavy atom. The van der Waals surface area contributed by atoms with E-state index in [0.29, 0.717) is 54.7 Å². The molecule has 2 heterocycles. The number of fused-ring (bicyclic) bond motifs is 1. The number of aromatic nitrogens is 3. The zero-order chi connectivity index (χ0) is 31.2. The number of benzene rings is 3. The first-order valence-corrected chi connectivity index (χ1v) is 15.8. The zero-order valence-electron chi connectivity index (χ0n) is 24.0. The Labute approximate surface area is 264 Å². The van der Waals surface area contributed by atoms with Crippen molar-refractivity contribution >= 4 is 60.5 Å². The maximum atomic E-state index is 13.5. The van der Waals surface area contributed by atoms with Crippen molar-refractivity contribution in [2.75, 3.05) is 19.0 Å². The normalized spacial score (nSPS) is 11.1. The SMILES string of the molecule is COc1cc2ncnc(Nc3ccc(OCc4cccc(F)c4)c(Cl)c3)c2cc1-c1csc(COCC(C(C)C)=S(=O)=O)n1. The van der Waals surface area contributed by atoms with Crippen LogP contribution in [0.3, 0.4) is 0 Å². The molecule has 9 nitrogen and oxygen atoms in total. The molecule has 0 aliphatic rings. The van der Waals surface area contributed by atoms with Crippen LogP contribution in [0.15, 0.2) is 66.3 Å². The number of thiazole rings is 1. The van der Waals surface area contributed by atoms with Gasteiger partial charge in [0, 0.05) is 28.1 Å². The number of hydrogen-bond acceptors (Lipinski definition) is 10. The molecule has 0 radical (unpaired) electrons. The number of ether oxygens (including phenoxy) is 3. The van der Waals surface area contributed by atoms with Gasteiger partial charge in [-0.05, 0) is 47.9 Å². The van der Waals surface area contributed by atoms with Crippen LogP contribution in [0, 0.1) is 11.7 Å². The van der Waals surface area contributed by atoms with Crippen LogP contribution in [0.1, 0.15) is 24.4 Å². The molecule has 0 fully saturated rings. The smallest absolute Gasteiger partial charge is 0.215 e. The van der Waals surface area contributed by atoms with Gasteiger partial charge in [-0.2, -0.15) is 8.42 Å². The number of nitrogens with zero attached hydrogens (tertiary/aromatic N) is 3. The summed E-state index contributed by atoms with van der Waals surface area (Å²) in [6.07, 6.45) is 1.46. The van der Waals surface area contributed by atoms with Crippen LogP contribution in [0.5, 0.6) is 11.5 Å². The molecule has 44 heavy (non-hydrogen) atoms. The maximum absolute atomic E-state index is 13.5. The number of hydrogen-bond donors (Lipinski definition) is 1. The molecule has 0 aliphatic carbocycles. The molecule has 1 N–H and O–H groups in total. The number of halogens is 2. The maximum Gasteiger partial charge on any atom is 0.215 e. The third kappa shape index (κ3) is 7.51. The number of nitrogens with one attached hydrogen (secondary N) is 1. The lowest BCUT2D eigenvalue weighted by atomic mass is 10.1. The lowest BCUT2D eigenvalue weighted by Gasteiger charge is -2.13. The van der Waals surface area contributed by atoms with Crippen molar-refractivity contribution in [2.24, 2.45) is 5.92 Å². The molecule has 5 aromatic rings. The van der Waals surface area contributed by atoms with Gasteiger partial charge in [0.15, 0.2) is 0 Å². The lowest BCUT2D eigenvalue weighted by Crippen LogP contribution is -2.16. The predicted octanol–water partition coefficient (Wildman–Crippen LogP) is 7.10. The van der Waals surface area contributed by atoms with Crippen LogP contribution in [0.2, 0.25) is 5.02 Å². The first-order valence-electron chi connectivity index (χ1n) is 13.5. The summed E-state index contributed by atoms with van der Waals surface area (Å²) in [7, 11) is -0.720. The minimum atomic E-state index is -2.30. The van der Waals surface area contributed by atoms with Gasteiger partial charge < -0.3 is 19.5 Å². The largest absolute Gasteiger partial charge is 0.496 e. The molecule has 228 valence electrons. The molecule has 0 spiro atoms. The second-order valence-corrected chi connectivity index (χ2v) is 12.3. The van der Waals surface area contributed by atoms with Gasteiger partial charge in [0.25, 0.3) is 0 Å². The molecular formula is C31H28ClFN4O5S2. The van der Waals surface area contributed by atoms with E-state index in [1.54, 1.807) is 31.4 Å². The molecule has 0 amide bonds. The third-order valence-corrected chi connectivity index (χ3v) is 8.73. The molecular weight excluding hydrogens is 627 g/mol. The summed E-state index contributed by atoms with van der Waals surface area (Å²) >= 11 is 7.91. The Kier molecular flexibility index (Phi) is 10.1. The van der Waals surface area contributed by atoms with Crippen molar-refractivity contribution in [1.29, 1.82) is 0 Å². The fraction of sp³-hybridized carbons (Fsp3) is 0.226. The monoisotopic (exact) mass is 654 g/mol. The highest BCUT2D eigenvalue weighted by molar-refractivity contribution is 7.73. The van der Waals surface area contributed by atoms with Gasteiger partial charge in [-0.25, -0.2) is 19.3 Å². The van der Waals surface area contributed by atoms with Crippen molar-refractivity contribution < 1.29 is 27.0 Å². The molecule has 2 aromatic heterocycles. The highest BCUT2D eigenvalue weighted by Crippen LogP contribution is 2.37. The Morgan fingerprint density at radius 3 is 2.64 bits per heavy atom. The Bertz CT molecular complexity index is 1940. The molecule has 0 aliphatic heterocycles. The highest BCUT2D eigenvalue weighted by atomic mass is 35.5. The fourth-order valence-electron chi connectivity index (χ4n) is 4.32. The van der Waals surface area contributed by atoms with Gasteiger partial charge in [0.05, 0.1) is 41.4 Å². The van der Waals surface area contributed by atoms with Crippen LogP contribution in [0.25, 0.3) is 22.2 Å². The first-order chi connectivity index (χ1) is 21.2. The van der Waals surface area contributed by atoms with Gasteiger partial charge in [0.2, 0.25) is 10.3 Å². The second-order valence-electron chi connectivity index (χ2n) is 9.96. The van der Waals surface area contributed by atoms with E-state index in [0.717, 1.165) is 10.9 Å². The summed E-state index contributed by atoms with van der Waals surface area (Å²) in [5, 5.41) is 6.99. The van der Waals surface area contributed by atoms with E-state index < -0.39 is 10.3 Å². The van der Waals surface area contributed by atoms with Crippen LogP contribution in [-0.2, 0) is 28.2 Å². The molecule has 0 atom stereocenters. The Balaban J connectivity index is 1.35. The van der Waals surface area contributed by atoms with E-state index in [4.69, 9.17) is 30.8 Å². The van der Waals surface area contributed by atoms with Crippen LogP contribution in [-0.4, -0.2) is 42.0 Å². The first kappa shape index (κ1) is 31.3. The van der Waals surface area contributed by atoms with Gasteiger partial charge in [-0.1, -0.05) is 37.6 Å². The number of rotatable bonds is 12. The summed E-state index contributed by atoms with van der Waals surface area (Å²) in [6, 6.07) is 15.2. The predicted molar refractivity (Wildman–Crippen MR) is 171 cm³/mol. The topological polar surface area (TPSA) is 113 Å². The standard InChI is InChI=1S/C31H28ClFN4O5S2/c1-18(2)29(44(38)39)14-41-15-30-37-26(16-43-30)22-11-23-25(12-28(22)40-3)34-17-35-31(23)36-21-7-8-27(24(32)10-21)42-13-19-5-4-6-20(33)9-19/h4-12,16-18H,13-15H2,1-3H3,(H,34,35,36). The Morgan fingerprint density at radius 2 is 1.91 bits per heavy atom. The van der Waals surface area contributed by atoms with Gasteiger partial charge in [0.1, 0.15) is 41.1 Å². The van der Waals surface area contributed by atoms with Gasteiger partial charge in [-0.15, -0.1) is 11.3 Å². The summed E-state index contributed by atoms with van der Waals surface area (Å²) in [5.74, 6) is 1.12. The quantitative estimate of drug-likeness (QED) is 0.141. The average Bonchev–Trinajstić information content (AvgIpc) is 3.47. The van der Waals surface area contributed by atoms with E-state index in [-0.39, 0.29) is 31.6 Å². The van der Waals surface area contributed by atoms with Crippen molar-refractivity contribution in [3.05, 3.63) is 87.7 Å². The molecule has 3 aromatic carbocycles. The fourth-order valence-corrected chi connectivity index (χ4v) is 5.85. The van der Waals surface area contributed by atoms with Crippen LogP contribution >= 0.6 is 22.9 Å². The van der Waals surface area contributed by atoms with Crippen LogP contribution in [0.4, 0.5) is 15.9 Å². The summed E-state index contributed by atoms with van der Waals surface area (Å²) in [5.41, 5.74) is 3.43. The van der Waals surface area contributed by atoms with E-state index in [1.165, 1.54) is 29.8 Å². The van der Waals surface area contributed by atoms with Crippen LogP contribution < -0.4 is 14.8 Å². The van der Waals surface area contributed by atoms with Crippen molar-refractivity contribution in [3.8, 4) is 22.8 Å². The number of anilines is 2. The van der Waals surface area contributed by atoms with E-state index in [1.807, 2.05) is 37.4 Å². The van der Waals surface area contributed by atoms with Crippen molar-refractivity contribution in [3.63, 3.8) is 0 Å². The average molecular weight is 655 g/mol. The molecule has 0 unspecified atom stereocenters. The van der Waals surface area contributed by atoms with Crippen molar-refractivity contribution in [2.45, 2.75) is 27.1 Å². The van der Waals surface area contributed by atoms with Crippen molar-refractivity contribution in [1.82, 2.24) is 15.0 Å². The minimum absolute atomic E-state index is 0.0124. The van der Waals surface area contributed by atoms with E-state index in [2.05, 4.69) is 15.3 Å². The second kappa shape index (κ2) is 14.1. The zero-order valence-corrected chi connectivity index (χ0v) is 26.4. The highest BCUT2D eigenvalue weighted by Gasteiger charge is 2.16. The molecule has 0 saturated carbocycles. The summed E-state index contributed by atoms with van der Waals surface area (Å²) in [6.45, 7) is 3.98. The molecule has 0 saturated heterocycles. The molecule has 5 rings (SSSR count). The molecule has 0 bridgehead atoms.